The third kappa shape index (κ3) is 4.70. The second-order valence-corrected chi connectivity index (χ2v) is 11.2. The number of carbonyl (C=O) groups excluding carboxylic acids is 2. The lowest BCUT2D eigenvalue weighted by Crippen LogP contribution is -2.52. The summed E-state index contributed by atoms with van der Waals surface area (Å²) in [5.41, 5.74) is 0.175. The highest BCUT2D eigenvalue weighted by molar-refractivity contribution is 7.93. The van der Waals surface area contributed by atoms with Crippen molar-refractivity contribution < 1.29 is 23.6 Å². The van der Waals surface area contributed by atoms with Gasteiger partial charge in [0.15, 0.2) is 5.25 Å². The maximum absolute atomic E-state index is 13.4. The molecule has 2 heterocycles. The average Bonchev–Trinajstić information content (AvgIpc) is 3.13. The van der Waals surface area contributed by atoms with Gasteiger partial charge in [-0.3, -0.25) is 4.90 Å². The molecule has 1 saturated heterocycles. The summed E-state index contributed by atoms with van der Waals surface area (Å²) in [6.07, 6.45) is 6.97. The predicted molar refractivity (Wildman–Crippen MR) is 123 cm³/mol. The van der Waals surface area contributed by atoms with Crippen molar-refractivity contribution in [2.24, 2.45) is 0 Å². The van der Waals surface area contributed by atoms with E-state index in [9.17, 15) is 14.1 Å². The van der Waals surface area contributed by atoms with E-state index >= 15 is 0 Å². The Morgan fingerprint density at radius 2 is 2.09 bits per heavy atom. The van der Waals surface area contributed by atoms with Crippen molar-refractivity contribution in [3.05, 3.63) is 59.9 Å². The number of nitrogens with one attached hydrogen (secondary N) is 1. The molecule has 32 heavy (non-hydrogen) atoms. The third-order valence-electron chi connectivity index (χ3n) is 5.43. The first-order valence-corrected chi connectivity index (χ1v) is 11.5. The number of esters is 1. The fourth-order valence-corrected chi connectivity index (χ4v) is 5.31. The lowest BCUT2D eigenvalue weighted by molar-refractivity contribution is -0.0767. The standard InChI is InChI=1S/C24H28N2O5S/c1-7-24(15-30-21(27)18-11-9-8-10-12-18)19(32(29)23(4,5)6)13-20(31-24)26-14-16(2)17(3)25-22(26)28/h1,8-12,14,19-20H,3,13,15H2,2,4-6H3,(H,25,28)/t19-,20-,24-,32?/m1/s1. The quantitative estimate of drug-likeness (QED) is 0.417. The fraction of sp³-hybridized carbons (Fsp3) is 0.417. The van der Waals surface area contributed by atoms with Gasteiger partial charge < -0.3 is 19.3 Å². The van der Waals surface area contributed by atoms with E-state index in [1.54, 1.807) is 36.5 Å². The minimum Gasteiger partial charge on any atom is -0.616 e. The summed E-state index contributed by atoms with van der Waals surface area (Å²) in [5.74, 6) is 2.04. The zero-order valence-corrected chi connectivity index (χ0v) is 19.5. The SMILES string of the molecule is C#C[C@]1(COC(=O)c2ccccc2)O[C@@H](N2C=C(C)C(=C)NC2=O)C[C@H]1[S+]([O-])C(C)(C)C. The Hall–Kier alpha value is -2.73. The average molecular weight is 457 g/mol. The van der Waals surface area contributed by atoms with E-state index in [0.717, 1.165) is 5.57 Å². The van der Waals surface area contributed by atoms with Gasteiger partial charge in [0.1, 0.15) is 17.6 Å². The van der Waals surface area contributed by atoms with E-state index in [0.29, 0.717) is 11.3 Å². The number of urea groups is 1. The Morgan fingerprint density at radius 3 is 2.69 bits per heavy atom. The maximum atomic E-state index is 13.4. The van der Waals surface area contributed by atoms with Crippen molar-refractivity contribution in [2.75, 3.05) is 6.61 Å². The molecule has 1 fully saturated rings. The summed E-state index contributed by atoms with van der Waals surface area (Å²) < 4.78 is 24.5. The largest absolute Gasteiger partial charge is 0.616 e. The number of hydrogen-bond acceptors (Lipinski definition) is 5. The highest BCUT2D eigenvalue weighted by Gasteiger charge is 2.59. The van der Waals surface area contributed by atoms with Crippen LogP contribution in [0, 0.1) is 12.3 Å². The molecular weight excluding hydrogens is 428 g/mol. The zero-order valence-electron chi connectivity index (χ0n) is 18.7. The number of amides is 2. The Bertz CT molecular complexity index is 978. The van der Waals surface area contributed by atoms with E-state index in [-0.39, 0.29) is 13.0 Å². The number of allylic oxidation sites excluding steroid dienone is 1. The van der Waals surface area contributed by atoms with Gasteiger partial charge in [-0.2, -0.15) is 0 Å². The van der Waals surface area contributed by atoms with Gasteiger partial charge >= 0.3 is 12.0 Å². The number of ether oxygens (including phenoxy) is 2. The lowest BCUT2D eigenvalue weighted by atomic mass is 10.0. The number of hydrogen-bond donors (Lipinski definition) is 1. The molecule has 2 aliphatic rings. The van der Waals surface area contributed by atoms with Gasteiger partial charge in [-0.25, -0.2) is 9.59 Å². The van der Waals surface area contributed by atoms with Gasteiger partial charge in [-0.15, -0.1) is 6.42 Å². The van der Waals surface area contributed by atoms with Crippen LogP contribution < -0.4 is 5.32 Å². The molecule has 0 radical (unpaired) electrons. The van der Waals surface area contributed by atoms with Gasteiger partial charge in [0, 0.05) is 18.3 Å². The summed E-state index contributed by atoms with van der Waals surface area (Å²) in [6, 6.07) is 8.09. The number of carbonyl (C=O) groups is 2. The predicted octanol–water partition coefficient (Wildman–Crippen LogP) is 3.32. The van der Waals surface area contributed by atoms with Gasteiger partial charge in [0.05, 0.1) is 5.56 Å². The minimum atomic E-state index is -1.45. The van der Waals surface area contributed by atoms with Gasteiger partial charge in [0.2, 0.25) is 5.60 Å². The first-order chi connectivity index (χ1) is 15.0. The van der Waals surface area contributed by atoms with E-state index in [4.69, 9.17) is 15.9 Å². The molecule has 0 aliphatic carbocycles. The molecule has 170 valence electrons. The van der Waals surface area contributed by atoms with Crippen LogP contribution in [0.4, 0.5) is 4.79 Å². The third-order valence-corrected chi connectivity index (χ3v) is 7.72. The molecule has 3 rings (SSSR count). The second-order valence-electron chi connectivity index (χ2n) is 8.81. The molecule has 1 unspecified atom stereocenters. The van der Waals surface area contributed by atoms with Gasteiger partial charge in [0.25, 0.3) is 0 Å². The zero-order chi connectivity index (χ0) is 23.7. The molecule has 1 aromatic carbocycles. The van der Waals surface area contributed by atoms with Crippen LogP contribution in [0.25, 0.3) is 0 Å². The first kappa shape index (κ1) is 23.9. The Labute approximate surface area is 192 Å². The monoisotopic (exact) mass is 456 g/mol. The molecule has 0 bridgehead atoms. The fourth-order valence-electron chi connectivity index (χ4n) is 3.57. The van der Waals surface area contributed by atoms with Crippen molar-refractivity contribution in [3.8, 4) is 12.3 Å². The van der Waals surface area contributed by atoms with Crippen molar-refractivity contribution in [1.29, 1.82) is 0 Å². The summed E-state index contributed by atoms with van der Waals surface area (Å²) >= 11 is -1.45. The van der Waals surface area contributed by atoms with Crippen LogP contribution in [0.5, 0.6) is 0 Å². The van der Waals surface area contributed by atoms with Crippen molar-refractivity contribution in [1.82, 2.24) is 10.2 Å². The number of rotatable bonds is 5. The molecular formula is C24H28N2O5S. The lowest BCUT2D eigenvalue weighted by Gasteiger charge is -2.35. The van der Waals surface area contributed by atoms with E-state index < -0.39 is 45.0 Å². The molecule has 7 nitrogen and oxygen atoms in total. The first-order valence-electron chi connectivity index (χ1n) is 10.2. The molecule has 1 aromatic rings. The van der Waals surface area contributed by atoms with Crippen molar-refractivity contribution >= 4 is 23.2 Å². The number of benzene rings is 1. The van der Waals surface area contributed by atoms with E-state index in [2.05, 4.69) is 17.8 Å². The van der Waals surface area contributed by atoms with Crippen LogP contribution in [0.15, 0.2) is 54.4 Å². The molecule has 1 N–H and O–H groups in total. The van der Waals surface area contributed by atoms with Crippen LogP contribution in [0.1, 0.15) is 44.5 Å². The second kappa shape index (κ2) is 9.02. The molecule has 8 heteroatoms. The number of terminal acetylenes is 1. The molecule has 4 atom stereocenters. The van der Waals surface area contributed by atoms with E-state index in [1.165, 1.54) is 4.90 Å². The van der Waals surface area contributed by atoms with Crippen LogP contribution in [0.3, 0.4) is 0 Å². The molecule has 0 spiro atoms. The van der Waals surface area contributed by atoms with Gasteiger partial charge in [-0.05, 0) is 56.6 Å². The van der Waals surface area contributed by atoms with E-state index in [1.807, 2.05) is 27.7 Å². The normalized spacial score (nSPS) is 26.8. The Kier molecular flexibility index (Phi) is 6.75. The summed E-state index contributed by atoms with van der Waals surface area (Å²) in [7, 11) is 0. The van der Waals surface area contributed by atoms with Crippen LogP contribution in [-0.4, -0.2) is 49.9 Å². The maximum Gasteiger partial charge on any atom is 0.338 e. The number of nitrogens with zero attached hydrogens (tertiary/aromatic N) is 1. The Balaban J connectivity index is 1.90. The smallest absolute Gasteiger partial charge is 0.338 e. The summed E-state index contributed by atoms with van der Waals surface area (Å²) in [4.78, 5) is 26.5. The van der Waals surface area contributed by atoms with Crippen LogP contribution in [0.2, 0.25) is 0 Å². The summed E-state index contributed by atoms with van der Waals surface area (Å²) in [5, 5.41) is 2.02. The van der Waals surface area contributed by atoms with Crippen LogP contribution >= 0.6 is 0 Å². The topological polar surface area (TPSA) is 90.9 Å². The van der Waals surface area contributed by atoms with Crippen molar-refractivity contribution in [2.45, 2.75) is 55.9 Å². The van der Waals surface area contributed by atoms with Crippen LogP contribution in [-0.2, 0) is 20.6 Å². The molecule has 0 saturated carbocycles. The van der Waals surface area contributed by atoms with Crippen molar-refractivity contribution in [3.63, 3.8) is 0 Å². The minimum absolute atomic E-state index is 0.223. The molecule has 2 aliphatic heterocycles. The van der Waals surface area contributed by atoms with Gasteiger partial charge in [-0.1, -0.05) is 30.7 Å². The highest BCUT2D eigenvalue weighted by Crippen LogP contribution is 2.41. The summed E-state index contributed by atoms with van der Waals surface area (Å²) in [6.45, 7) is 10.8. The molecule has 2 amide bonds. The molecule has 0 aromatic heterocycles. The Morgan fingerprint density at radius 1 is 1.44 bits per heavy atom. The highest BCUT2D eigenvalue weighted by atomic mass is 32.2.